The summed E-state index contributed by atoms with van der Waals surface area (Å²) in [4.78, 5) is 82.7. The van der Waals surface area contributed by atoms with Crippen LogP contribution in [0.5, 0.6) is 11.5 Å². The largest absolute Gasteiger partial charge is 0.502 e. The van der Waals surface area contributed by atoms with Crippen molar-refractivity contribution in [2.45, 2.75) is 163 Å². The van der Waals surface area contributed by atoms with Crippen molar-refractivity contribution in [2.24, 2.45) is 0 Å². The van der Waals surface area contributed by atoms with Crippen LogP contribution in [0.25, 0.3) is 0 Å². The molecule has 7 heterocycles. The number of aliphatic hydroxyl groups is 11. The summed E-state index contributed by atoms with van der Waals surface area (Å²) in [6, 6.07) is 1.78. The van der Waals surface area contributed by atoms with Gasteiger partial charge in [-0.1, -0.05) is 0 Å². The van der Waals surface area contributed by atoms with Crippen LogP contribution in [0.1, 0.15) is 65.7 Å². The Bertz CT molecular complexity index is 2900. The molecule has 17 atom stereocenters. The third-order valence-corrected chi connectivity index (χ3v) is 15.2. The first-order chi connectivity index (χ1) is 41.1. The molecular weight excluding hydrogens is 1160 g/mol. The van der Waals surface area contributed by atoms with Crippen molar-refractivity contribution < 1.29 is 118 Å². The molecule has 0 saturated carbocycles. The van der Waals surface area contributed by atoms with Gasteiger partial charge in [0.05, 0.1) is 37.1 Å². The number of aromatic amines is 1. The molecule has 488 valence electrons. The minimum Gasteiger partial charge on any atom is -0.502 e. The number of carbonyl (C=O) groups is 4. The summed E-state index contributed by atoms with van der Waals surface area (Å²) in [5.41, 5.74) is -4.24. The number of hydrogen-bond donors (Lipinski definition) is 19. The second-order valence-corrected chi connectivity index (χ2v) is 22.1. The molecule has 0 bridgehead atoms. The number of allylic oxidation sites excluding steroid dienone is 1. The van der Waals surface area contributed by atoms with Gasteiger partial charge in [-0.15, -0.1) is 0 Å². The topological polar surface area (TPSA) is 512 Å². The number of carbonyl (C=O) groups excluding carboxylic acids is 4. The smallest absolute Gasteiger partial charge is 0.294 e. The molecule has 19 N–H and O–H groups in total. The van der Waals surface area contributed by atoms with E-state index in [0.29, 0.717) is 5.69 Å². The molecule has 34 nitrogen and oxygen atoms in total. The second-order valence-electron chi connectivity index (χ2n) is 22.1. The Balaban J connectivity index is 0.897. The van der Waals surface area contributed by atoms with Gasteiger partial charge in [0.15, 0.2) is 30.1 Å². The van der Waals surface area contributed by atoms with Crippen molar-refractivity contribution in [3.63, 3.8) is 0 Å². The van der Waals surface area contributed by atoms with Gasteiger partial charge in [-0.05, 0) is 65.7 Å². The monoisotopic (exact) mass is 1240 g/mol. The van der Waals surface area contributed by atoms with Gasteiger partial charge in [0, 0.05) is 62.5 Å². The summed E-state index contributed by atoms with van der Waals surface area (Å²) < 4.78 is 47.3. The maximum atomic E-state index is 14.1. The lowest BCUT2D eigenvalue weighted by molar-refractivity contribution is -0.400. The van der Waals surface area contributed by atoms with E-state index >= 15 is 0 Å². The molecule has 0 radical (unpaired) electrons. The molecule has 34 heteroatoms. The first-order valence-electron chi connectivity index (χ1n) is 28.2. The predicted octanol–water partition coefficient (Wildman–Crippen LogP) is -8.79. The lowest BCUT2D eigenvalue weighted by Gasteiger charge is -2.44. The summed E-state index contributed by atoms with van der Waals surface area (Å²) in [5.74, 6) is -9.53. The molecule has 87 heavy (non-hydrogen) atoms. The Morgan fingerprint density at radius 2 is 1.49 bits per heavy atom. The van der Waals surface area contributed by atoms with Gasteiger partial charge < -0.3 is 141 Å². The van der Waals surface area contributed by atoms with E-state index in [1.54, 1.807) is 13.8 Å². The van der Waals surface area contributed by atoms with Crippen molar-refractivity contribution in [2.75, 3.05) is 72.4 Å². The second kappa shape index (κ2) is 29.2. The van der Waals surface area contributed by atoms with E-state index in [9.17, 15) is 90.0 Å². The number of aryl methyl sites for hydroxylation is 2. The van der Waals surface area contributed by atoms with Crippen LogP contribution < -0.4 is 47.8 Å². The SMILES string of the molecule is CC1=C[C@@]2(Oc3c(cc(C)[nH]c3=O)C(=O)NCCC(CNCCNC(=O)c3cc(C)n(CC(=O)NCCCOC[C@H]4OC(COC5(COC(C)C)O[C@H](CO)[C@H](O)[C@@H]5O)(O[C@@H]5OC(CO)[C@H](O)[C@H](O)C5O)[C@@H](O)[C@H]4O)c(=O)c3O)NC2=O)C(O)C(O)N1. The molecule has 0 aromatic carbocycles. The number of hydrogen-bond acceptors (Lipinski definition) is 28. The van der Waals surface area contributed by atoms with Crippen molar-refractivity contribution in [1.29, 1.82) is 0 Å². The minimum atomic E-state index is -2.59. The average molecular weight is 1250 g/mol. The van der Waals surface area contributed by atoms with Crippen LogP contribution in [0, 0.1) is 13.8 Å². The zero-order valence-corrected chi connectivity index (χ0v) is 48.3. The predicted molar refractivity (Wildman–Crippen MR) is 292 cm³/mol. The maximum Gasteiger partial charge on any atom is 0.294 e. The first kappa shape index (κ1) is 68.6. The molecule has 7 unspecified atom stereocenters. The molecule has 5 aliphatic rings. The number of aromatic nitrogens is 2. The number of aromatic hydroxyl groups is 1. The third-order valence-electron chi connectivity index (χ3n) is 15.2. The Labute approximate surface area is 496 Å². The molecule has 5 aliphatic heterocycles. The summed E-state index contributed by atoms with van der Waals surface area (Å²) in [6.45, 7) is 3.35. The van der Waals surface area contributed by atoms with Crippen LogP contribution in [-0.2, 0) is 49.3 Å². The van der Waals surface area contributed by atoms with E-state index < -0.39 is 200 Å². The highest BCUT2D eigenvalue weighted by Gasteiger charge is 2.63. The lowest BCUT2D eigenvalue weighted by atomic mass is 9.88. The van der Waals surface area contributed by atoms with Gasteiger partial charge in [0.25, 0.3) is 28.8 Å². The molecule has 1 spiro atoms. The van der Waals surface area contributed by atoms with Crippen LogP contribution >= 0.6 is 0 Å². The minimum absolute atomic E-state index is 0.00612. The molecule has 3 saturated heterocycles. The van der Waals surface area contributed by atoms with E-state index in [1.807, 2.05) is 0 Å². The highest BCUT2D eigenvalue weighted by Crippen LogP contribution is 2.41. The maximum absolute atomic E-state index is 14.1. The van der Waals surface area contributed by atoms with Crippen molar-refractivity contribution >= 4 is 23.6 Å². The number of nitrogens with one attached hydrogen (secondary N) is 7. The number of rotatable bonds is 24. The number of fused-ring (bicyclic) bond motifs is 1. The normalized spacial score (nSPS) is 33.6. The summed E-state index contributed by atoms with van der Waals surface area (Å²) >= 11 is 0. The number of H-pyrrole nitrogens is 1. The van der Waals surface area contributed by atoms with E-state index in [0.717, 1.165) is 4.57 Å². The van der Waals surface area contributed by atoms with Gasteiger partial charge in [-0.25, -0.2) is 0 Å². The Hall–Kier alpha value is -5.84. The summed E-state index contributed by atoms with van der Waals surface area (Å²) in [6.07, 6.45) is -22.4. The van der Waals surface area contributed by atoms with Gasteiger partial charge in [-0.2, -0.15) is 0 Å². The van der Waals surface area contributed by atoms with Crippen molar-refractivity contribution in [3.8, 4) is 11.5 Å². The van der Waals surface area contributed by atoms with Crippen LogP contribution in [0.3, 0.4) is 0 Å². The number of aliphatic hydroxyl groups excluding tert-OH is 11. The Morgan fingerprint density at radius 3 is 2.18 bits per heavy atom. The van der Waals surface area contributed by atoms with Gasteiger partial charge in [0.1, 0.15) is 80.8 Å². The first-order valence-corrected chi connectivity index (χ1v) is 28.2. The van der Waals surface area contributed by atoms with E-state index in [2.05, 4.69) is 36.9 Å². The van der Waals surface area contributed by atoms with Crippen LogP contribution in [0.15, 0.2) is 33.5 Å². The van der Waals surface area contributed by atoms with Gasteiger partial charge in [-0.3, -0.25) is 28.8 Å². The molecular formula is C53H80N8O26. The van der Waals surface area contributed by atoms with Crippen LogP contribution in [-0.4, -0.2) is 276 Å². The Kier molecular flexibility index (Phi) is 23.0. The molecule has 2 aromatic heterocycles. The molecule has 3 fully saturated rings. The summed E-state index contributed by atoms with van der Waals surface area (Å²) in [7, 11) is 0. The zero-order chi connectivity index (χ0) is 63.9. The molecule has 4 amide bonds. The van der Waals surface area contributed by atoms with Crippen molar-refractivity contribution in [1.82, 2.24) is 41.5 Å². The Morgan fingerprint density at radius 1 is 0.805 bits per heavy atom. The van der Waals surface area contributed by atoms with E-state index in [1.165, 1.54) is 39.0 Å². The van der Waals surface area contributed by atoms with Gasteiger partial charge >= 0.3 is 0 Å². The highest BCUT2D eigenvalue weighted by atomic mass is 16.8. The summed E-state index contributed by atoms with van der Waals surface area (Å²) in [5, 5.41) is 145. The number of ether oxygens (including phenoxy) is 8. The van der Waals surface area contributed by atoms with E-state index in [4.69, 9.17) is 37.9 Å². The third kappa shape index (κ3) is 15.3. The van der Waals surface area contributed by atoms with Crippen LogP contribution in [0.2, 0.25) is 0 Å². The highest BCUT2D eigenvalue weighted by molar-refractivity contribution is 5.98. The molecule has 7 rings (SSSR count). The van der Waals surface area contributed by atoms with Crippen molar-refractivity contribution in [3.05, 3.63) is 67.1 Å². The fourth-order valence-electron chi connectivity index (χ4n) is 10.4. The number of amides is 4. The lowest BCUT2D eigenvalue weighted by Crippen LogP contribution is -2.67. The average Bonchev–Trinajstić information content (AvgIpc) is 1.82. The fourth-order valence-corrected chi connectivity index (χ4v) is 10.4. The molecule has 2 aromatic rings. The van der Waals surface area contributed by atoms with Gasteiger partial charge in [0.2, 0.25) is 23.1 Å². The van der Waals surface area contributed by atoms with Crippen LogP contribution in [0.4, 0.5) is 0 Å². The standard InChI is InChI=1S/C53H80N8O26/c1-23(2)81-21-52(41(71)36(67)31(19-63)84-52)82-22-53(87-49-39(70)38(69)35(66)30(18-62)83-49)42(72)37(68)32(85-53)20-80-12-6-8-55-33(64)17-61-26(5)14-28(34(65)48(61)78)44(74)57-11-10-54-16-27-7-9-56-45(75)29-13-24(3)58-46(76)40(29)86-51(50(79)60-27)15-25(4)59-47(77)43(51)73/h13-15,23,27,30-32,35-39,41-43,47,49,54,59,62-63,65-73,77H,6-12,16-22H2,1-5H3,(H,55,64)(H,56,75)(H,57,74)(H,58,76)(H,60,79)/t27?,30?,31-,32-,35+,36+,37+,38+,39?,41+,42+,43?,47?,49+,51-,52?,53?/m1/s1. The quantitative estimate of drug-likeness (QED) is 0.0434. The zero-order valence-electron chi connectivity index (χ0n) is 48.3. The number of pyridine rings is 2. The fraction of sp³-hybridized carbons (Fsp3) is 0.698. The number of nitrogens with zero attached hydrogens (tertiary/aromatic N) is 1. The molecule has 0 aliphatic carbocycles. The van der Waals surface area contributed by atoms with E-state index in [-0.39, 0.29) is 69.1 Å².